The van der Waals surface area contributed by atoms with Crippen LogP contribution in [0.15, 0.2) is 55.1 Å². The number of rotatable bonds is 10. The molecule has 1 aliphatic rings. The fourth-order valence-corrected chi connectivity index (χ4v) is 6.03. The molecule has 0 amide bonds. The lowest BCUT2D eigenvalue weighted by Gasteiger charge is -2.38. The Balaban J connectivity index is 1.51. The summed E-state index contributed by atoms with van der Waals surface area (Å²) >= 11 is 1.08. The molecule has 0 radical (unpaired) electrons. The van der Waals surface area contributed by atoms with Gasteiger partial charge < -0.3 is 15.2 Å². The maximum absolute atomic E-state index is 14.6. The van der Waals surface area contributed by atoms with Crippen molar-refractivity contribution in [2.24, 2.45) is 0 Å². The number of nitrogens with two attached hydrogens (primary N) is 1. The maximum Gasteiger partial charge on any atom is 0.271 e. The summed E-state index contributed by atoms with van der Waals surface area (Å²) in [5.41, 5.74) is 6.28. The first-order chi connectivity index (χ1) is 19.1. The fraction of sp³-hybridized carbons (Fsp3) is 0.267. The van der Waals surface area contributed by atoms with Crippen LogP contribution in [0.3, 0.4) is 0 Å². The number of benzene rings is 3. The van der Waals surface area contributed by atoms with Gasteiger partial charge in [-0.1, -0.05) is 12.7 Å². The number of anilines is 1. The van der Waals surface area contributed by atoms with E-state index in [1.165, 1.54) is 0 Å². The third-order valence-corrected chi connectivity index (χ3v) is 8.00. The van der Waals surface area contributed by atoms with Gasteiger partial charge in [0.2, 0.25) is 0 Å². The summed E-state index contributed by atoms with van der Waals surface area (Å²) in [5, 5.41) is 0.558. The van der Waals surface area contributed by atoms with Gasteiger partial charge in [-0.15, -0.1) is 11.3 Å². The largest absolute Gasteiger partial charge is 0.488 e. The zero-order valence-electron chi connectivity index (χ0n) is 21.7. The zero-order chi connectivity index (χ0) is 28.6. The quantitative estimate of drug-likeness (QED) is 0.153. The Labute approximate surface area is 232 Å². The van der Waals surface area contributed by atoms with Gasteiger partial charge in [-0.2, -0.15) is 0 Å². The van der Waals surface area contributed by atoms with E-state index >= 15 is 0 Å². The molecule has 0 atom stereocenters. The number of alkyl halides is 3. The Bertz CT molecular complexity index is 1540. The van der Waals surface area contributed by atoms with E-state index in [0.29, 0.717) is 58.8 Å². The second kappa shape index (κ2) is 11.1. The lowest BCUT2D eigenvalue weighted by molar-refractivity contribution is 0.0176. The minimum absolute atomic E-state index is 0.00379. The average molecular weight is 575 g/mol. The van der Waals surface area contributed by atoms with Crippen LogP contribution in [0.1, 0.15) is 24.5 Å². The van der Waals surface area contributed by atoms with E-state index in [-0.39, 0.29) is 29.0 Å². The fourth-order valence-electron chi connectivity index (χ4n) is 4.72. The number of hydrogen-bond acceptors (Lipinski definition) is 5. The van der Waals surface area contributed by atoms with Crippen molar-refractivity contribution in [1.82, 2.24) is 4.90 Å². The lowest BCUT2D eigenvalue weighted by Crippen LogP contribution is -2.53. The highest BCUT2D eigenvalue weighted by molar-refractivity contribution is 7.23. The van der Waals surface area contributed by atoms with Gasteiger partial charge in [-0.25, -0.2) is 17.6 Å². The van der Waals surface area contributed by atoms with Crippen LogP contribution in [-0.2, 0) is 5.92 Å². The molecular formula is C30H27F5N2O2S. The predicted octanol–water partition coefficient (Wildman–Crippen LogP) is 8.40. The highest BCUT2D eigenvalue weighted by Gasteiger charge is 2.33. The van der Waals surface area contributed by atoms with Crippen LogP contribution >= 0.6 is 11.3 Å². The number of nitrogen functional groups attached to an aromatic ring is 1. The predicted molar refractivity (Wildman–Crippen MR) is 149 cm³/mol. The molecular weight excluding hydrogens is 547 g/mol. The first-order valence-corrected chi connectivity index (χ1v) is 13.5. The van der Waals surface area contributed by atoms with Crippen molar-refractivity contribution in [3.8, 4) is 27.7 Å². The van der Waals surface area contributed by atoms with E-state index in [9.17, 15) is 22.0 Å². The molecule has 0 bridgehead atoms. The smallest absolute Gasteiger partial charge is 0.271 e. The van der Waals surface area contributed by atoms with Crippen LogP contribution < -0.4 is 15.2 Å². The summed E-state index contributed by atoms with van der Waals surface area (Å²) in [4.78, 5) is 2.31. The normalized spacial score (nSPS) is 14.3. The van der Waals surface area contributed by atoms with Crippen LogP contribution in [-0.4, -0.2) is 37.3 Å². The van der Waals surface area contributed by atoms with E-state index in [0.717, 1.165) is 30.5 Å². The van der Waals surface area contributed by atoms with Crippen LogP contribution in [0.5, 0.6) is 17.2 Å². The van der Waals surface area contributed by atoms with Gasteiger partial charge in [-0.3, -0.25) is 9.29 Å². The van der Waals surface area contributed by atoms with Crippen LogP contribution in [0.25, 0.3) is 26.6 Å². The Kier molecular flexibility index (Phi) is 7.74. The molecule has 1 saturated heterocycles. The Hall–Kier alpha value is -3.63. The summed E-state index contributed by atoms with van der Waals surface area (Å²) in [6.07, 6.45) is 2.05. The van der Waals surface area contributed by atoms with Crippen molar-refractivity contribution in [3.63, 3.8) is 0 Å². The number of thiophene rings is 1. The Morgan fingerprint density at radius 1 is 1.07 bits per heavy atom. The second-order valence-electron chi connectivity index (χ2n) is 9.73. The van der Waals surface area contributed by atoms with E-state index < -0.39 is 23.1 Å². The van der Waals surface area contributed by atoms with Crippen molar-refractivity contribution < 1.29 is 31.4 Å². The number of ether oxygens (including phenoxy) is 2. The molecule has 1 fully saturated rings. The van der Waals surface area contributed by atoms with E-state index in [1.807, 2.05) is 0 Å². The molecule has 0 spiro atoms. The number of hydrogen-bond donors (Lipinski definition) is 1. The van der Waals surface area contributed by atoms with Crippen molar-refractivity contribution in [3.05, 3.63) is 77.9 Å². The van der Waals surface area contributed by atoms with Crippen LogP contribution in [0.2, 0.25) is 0 Å². The van der Waals surface area contributed by atoms with Crippen LogP contribution in [0, 0.1) is 11.6 Å². The second-order valence-corrected chi connectivity index (χ2v) is 10.7. The number of fused-ring (bicyclic) bond motifs is 1. The van der Waals surface area contributed by atoms with Crippen LogP contribution in [0.4, 0.5) is 27.6 Å². The third-order valence-electron chi connectivity index (χ3n) is 6.74. The Morgan fingerprint density at radius 3 is 2.40 bits per heavy atom. The van der Waals surface area contributed by atoms with Gasteiger partial charge in [0.15, 0.2) is 17.4 Å². The summed E-state index contributed by atoms with van der Waals surface area (Å²) in [7, 11) is 0. The molecule has 1 aliphatic heterocycles. The molecule has 210 valence electrons. The summed E-state index contributed by atoms with van der Waals surface area (Å²) in [6, 6.07) is 11.4. The zero-order valence-corrected chi connectivity index (χ0v) is 22.5. The molecule has 40 heavy (non-hydrogen) atoms. The van der Waals surface area contributed by atoms with Gasteiger partial charge >= 0.3 is 0 Å². The molecule has 10 heteroatoms. The number of likely N-dealkylation sites (tertiary alicyclic amines) is 1. The van der Waals surface area contributed by atoms with E-state index in [1.54, 1.807) is 42.5 Å². The number of halogens is 5. The van der Waals surface area contributed by atoms with Gasteiger partial charge in [-0.05, 0) is 55.0 Å². The van der Waals surface area contributed by atoms with Gasteiger partial charge in [0.05, 0.1) is 11.6 Å². The highest BCUT2D eigenvalue weighted by Crippen LogP contribution is 2.51. The summed E-state index contributed by atoms with van der Waals surface area (Å²) in [5.74, 6) is -4.87. The molecule has 5 rings (SSSR count). The van der Waals surface area contributed by atoms with Gasteiger partial charge in [0.1, 0.15) is 17.6 Å². The molecule has 1 aromatic heterocycles. The van der Waals surface area contributed by atoms with E-state index in [2.05, 4.69) is 11.5 Å². The lowest BCUT2D eigenvalue weighted by atomic mass is 9.99. The Morgan fingerprint density at radius 2 is 1.75 bits per heavy atom. The molecule has 2 heterocycles. The first kappa shape index (κ1) is 27.9. The van der Waals surface area contributed by atoms with Gasteiger partial charge in [0.25, 0.3) is 5.92 Å². The highest BCUT2D eigenvalue weighted by atomic mass is 32.1. The minimum Gasteiger partial charge on any atom is -0.488 e. The number of nitrogens with zero attached hydrogens (tertiary/aromatic N) is 1. The molecule has 0 unspecified atom stereocenters. The molecule has 4 nitrogen and oxygen atoms in total. The third kappa shape index (κ3) is 5.51. The van der Waals surface area contributed by atoms with E-state index in [4.69, 9.17) is 15.2 Å². The molecule has 2 N–H and O–H groups in total. The molecule has 0 aliphatic carbocycles. The van der Waals surface area contributed by atoms with Gasteiger partial charge in [0, 0.05) is 59.0 Å². The monoisotopic (exact) mass is 574 g/mol. The first-order valence-electron chi connectivity index (χ1n) is 12.7. The molecule has 3 aromatic carbocycles. The van der Waals surface area contributed by atoms with Crippen molar-refractivity contribution >= 4 is 33.2 Å². The van der Waals surface area contributed by atoms with Crippen molar-refractivity contribution in [2.45, 2.75) is 25.4 Å². The summed E-state index contributed by atoms with van der Waals surface area (Å²) < 4.78 is 82.8. The molecule has 4 aromatic rings. The van der Waals surface area contributed by atoms with Crippen molar-refractivity contribution in [1.29, 1.82) is 0 Å². The minimum atomic E-state index is -3.46. The standard InChI is InChI=1S/C30H27F5N2O2S/c1-3-20-26(36)10-9-21-27(29(40-28(20)21)22-13-24(32)25(33)14-23(22)30(2,34)35)39-18-7-5-17(6-8-18)38-19-15-37(16-19)12-4-11-31/h3,5-10,13-14,19H,1,4,11-12,15-16,36H2,2H3. The molecule has 0 saturated carbocycles. The van der Waals surface area contributed by atoms with Crippen molar-refractivity contribution in [2.75, 3.05) is 32.0 Å². The topological polar surface area (TPSA) is 47.7 Å². The maximum atomic E-state index is 14.6. The summed E-state index contributed by atoms with van der Waals surface area (Å²) in [6.45, 7) is 6.23. The SMILES string of the molecule is C=Cc1c(N)ccc2c(Oc3ccc(OC4CN(CCCF)C4)cc3)c(-c3cc(F)c(F)cc3C(C)(F)F)sc12. The average Bonchev–Trinajstić information content (AvgIpc) is 3.25.